The summed E-state index contributed by atoms with van der Waals surface area (Å²) in [5.74, 6) is 0. The molecule has 0 aromatic heterocycles. The molecule has 1 nitrogen and oxygen atoms in total. The summed E-state index contributed by atoms with van der Waals surface area (Å²) in [6.45, 7) is 2.01. The molecule has 0 atom stereocenters. The number of hydrogen-bond acceptors (Lipinski definition) is 1. The molecule has 2 heteroatoms. The lowest BCUT2D eigenvalue weighted by molar-refractivity contribution is 0.112. The van der Waals surface area contributed by atoms with Crippen LogP contribution in [0.2, 0.25) is 5.02 Å². The normalized spacial score (nSPS) is 10.1. The van der Waals surface area contributed by atoms with Gasteiger partial charge in [0.1, 0.15) is 0 Å². The van der Waals surface area contributed by atoms with Gasteiger partial charge in [-0.15, -0.1) is 0 Å². The summed E-state index contributed by atoms with van der Waals surface area (Å²) in [7, 11) is 0. The molecule has 0 aliphatic carbocycles. The van der Waals surface area contributed by atoms with E-state index in [0.717, 1.165) is 23.0 Å². The molecule has 16 heavy (non-hydrogen) atoms. The third-order valence-electron chi connectivity index (χ3n) is 2.59. The first-order valence-corrected chi connectivity index (χ1v) is 5.41. The lowest BCUT2D eigenvalue weighted by Gasteiger charge is -2.10. The Morgan fingerprint density at radius 3 is 2.50 bits per heavy atom. The topological polar surface area (TPSA) is 17.1 Å². The zero-order valence-corrected chi connectivity index (χ0v) is 9.66. The van der Waals surface area contributed by atoms with Crippen molar-refractivity contribution >= 4 is 17.9 Å². The van der Waals surface area contributed by atoms with E-state index in [0.29, 0.717) is 10.6 Å². The average Bonchev–Trinajstić information content (AvgIpc) is 2.30. The highest BCUT2D eigenvalue weighted by Gasteiger charge is 2.10. The van der Waals surface area contributed by atoms with Crippen molar-refractivity contribution in [3.05, 3.63) is 58.6 Å². The summed E-state index contributed by atoms with van der Waals surface area (Å²) in [5.41, 5.74) is 3.56. The molecule has 0 radical (unpaired) electrons. The SMILES string of the molecule is Cc1ccccc1-c1c(Cl)cccc1C=O. The molecule has 0 unspecified atom stereocenters. The van der Waals surface area contributed by atoms with Crippen molar-refractivity contribution in [2.45, 2.75) is 6.92 Å². The highest BCUT2D eigenvalue weighted by atomic mass is 35.5. The third-order valence-corrected chi connectivity index (χ3v) is 2.90. The van der Waals surface area contributed by atoms with Crippen LogP contribution in [0, 0.1) is 6.92 Å². The first kappa shape index (κ1) is 10.9. The Hall–Kier alpha value is -1.60. The van der Waals surface area contributed by atoms with Crippen LogP contribution in [0.25, 0.3) is 11.1 Å². The largest absolute Gasteiger partial charge is 0.298 e. The van der Waals surface area contributed by atoms with Gasteiger partial charge in [0.15, 0.2) is 6.29 Å². The Kier molecular flexibility index (Phi) is 3.07. The summed E-state index contributed by atoms with van der Waals surface area (Å²) in [5, 5.41) is 0.610. The van der Waals surface area contributed by atoms with E-state index in [-0.39, 0.29) is 0 Å². The summed E-state index contributed by atoms with van der Waals surface area (Å²) >= 11 is 6.16. The van der Waals surface area contributed by atoms with Crippen LogP contribution in [0.3, 0.4) is 0 Å². The van der Waals surface area contributed by atoms with Gasteiger partial charge in [0.25, 0.3) is 0 Å². The molecule has 2 aromatic carbocycles. The number of rotatable bonds is 2. The van der Waals surface area contributed by atoms with Gasteiger partial charge in [-0.05, 0) is 24.1 Å². The highest BCUT2D eigenvalue weighted by Crippen LogP contribution is 2.32. The first-order valence-electron chi connectivity index (χ1n) is 5.03. The van der Waals surface area contributed by atoms with Gasteiger partial charge in [0.05, 0.1) is 0 Å². The van der Waals surface area contributed by atoms with E-state index in [9.17, 15) is 4.79 Å². The number of aryl methyl sites for hydroxylation is 1. The molecular weight excluding hydrogens is 220 g/mol. The molecule has 0 fully saturated rings. The van der Waals surface area contributed by atoms with Gasteiger partial charge in [-0.3, -0.25) is 4.79 Å². The molecule has 0 N–H and O–H groups in total. The van der Waals surface area contributed by atoms with Crippen LogP contribution in [0.15, 0.2) is 42.5 Å². The average molecular weight is 231 g/mol. The van der Waals surface area contributed by atoms with Crippen LogP contribution in [0.4, 0.5) is 0 Å². The first-order chi connectivity index (χ1) is 7.74. The second kappa shape index (κ2) is 4.50. The molecule has 0 saturated heterocycles. The molecule has 0 bridgehead atoms. The van der Waals surface area contributed by atoms with Gasteiger partial charge < -0.3 is 0 Å². The van der Waals surface area contributed by atoms with E-state index < -0.39 is 0 Å². The van der Waals surface area contributed by atoms with Crippen molar-refractivity contribution in [3.8, 4) is 11.1 Å². The maximum Gasteiger partial charge on any atom is 0.150 e. The minimum absolute atomic E-state index is 0.610. The van der Waals surface area contributed by atoms with Gasteiger partial charge in [-0.2, -0.15) is 0 Å². The van der Waals surface area contributed by atoms with E-state index in [1.807, 2.05) is 31.2 Å². The summed E-state index contributed by atoms with van der Waals surface area (Å²) in [6, 6.07) is 13.3. The van der Waals surface area contributed by atoms with Crippen molar-refractivity contribution in [3.63, 3.8) is 0 Å². The molecule has 0 spiro atoms. The summed E-state index contributed by atoms with van der Waals surface area (Å²) in [6.07, 6.45) is 0.841. The van der Waals surface area contributed by atoms with Crippen molar-refractivity contribution in [2.75, 3.05) is 0 Å². The lowest BCUT2D eigenvalue weighted by atomic mass is 9.96. The monoisotopic (exact) mass is 230 g/mol. The molecule has 2 rings (SSSR count). The second-order valence-corrected chi connectivity index (χ2v) is 4.04. The van der Waals surface area contributed by atoms with Gasteiger partial charge in [-0.25, -0.2) is 0 Å². The fourth-order valence-corrected chi connectivity index (χ4v) is 2.06. The Labute approximate surface area is 99.7 Å². The molecular formula is C14H11ClO. The fourth-order valence-electron chi connectivity index (χ4n) is 1.78. The van der Waals surface area contributed by atoms with Crippen LogP contribution in [-0.4, -0.2) is 6.29 Å². The number of carbonyl (C=O) groups excluding carboxylic acids is 1. The highest BCUT2D eigenvalue weighted by molar-refractivity contribution is 6.34. The molecule has 0 saturated carbocycles. The van der Waals surface area contributed by atoms with E-state index in [4.69, 9.17) is 11.6 Å². The van der Waals surface area contributed by atoms with Crippen molar-refractivity contribution in [2.24, 2.45) is 0 Å². The predicted octanol–water partition coefficient (Wildman–Crippen LogP) is 4.13. The third kappa shape index (κ3) is 1.86. The van der Waals surface area contributed by atoms with Crippen molar-refractivity contribution < 1.29 is 4.79 Å². The van der Waals surface area contributed by atoms with Gasteiger partial charge in [-0.1, -0.05) is 48.0 Å². The number of hydrogen-bond donors (Lipinski definition) is 0. The Morgan fingerprint density at radius 2 is 1.81 bits per heavy atom. The Bertz CT molecular complexity index is 532. The van der Waals surface area contributed by atoms with Crippen LogP contribution >= 0.6 is 11.6 Å². The van der Waals surface area contributed by atoms with Crippen LogP contribution in [0.1, 0.15) is 15.9 Å². The zero-order valence-electron chi connectivity index (χ0n) is 8.91. The van der Waals surface area contributed by atoms with Gasteiger partial charge >= 0.3 is 0 Å². The molecule has 0 heterocycles. The molecule has 2 aromatic rings. The number of halogens is 1. The quantitative estimate of drug-likeness (QED) is 0.709. The molecule has 0 aliphatic heterocycles. The minimum Gasteiger partial charge on any atom is -0.298 e. The van der Waals surface area contributed by atoms with Gasteiger partial charge in [0, 0.05) is 16.1 Å². The number of aldehydes is 1. The molecule has 0 amide bonds. The molecule has 80 valence electrons. The summed E-state index contributed by atoms with van der Waals surface area (Å²) in [4.78, 5) is 11.0. The Balaban J connectivity index is 2.73. The van der Waals surface area contributed by atoms with Crippen LogP contribution in [-0.2, 0) is 0 Å². The zero-order chi connectivity index (χ0) is 11.5. The van der Waals surface area contributed by atoms with Crippen LogP contribution < -0.4 is 0 Å². The summed E-state index contributed by atoms with van der Waals surface area (Å²) < 4.78 is 0. The molecule has 0 aliphatic rings. The number of benzene rings is 2. The van der Waals surface area contributed by atoms with E-state index >= 15 is 0 Å². The second-order valence-electron chi connectivity index (χ2n) is 3.64. The van der Waals surface area contributed by atoms with Gasteiger partial charge in [0.2, 0.25) is 0 Å². The van der Waals surface area contributed by atoms with E-state index in [2.05, 4.69) is 0 Å². The smallest absolute Gasteiger partial charge is 0.150 e. The van der Waals surface area contributed by atoms with Crippen molar-refractivity contribution in [1.29, 1.82) is 0 Å². The van der Waals surface area contributed by atoms with Crippen LogP contribution in [0.5, 0.6) is 0 Å². The van der Waals surface area contributed by atoms with E-state index in [1.54, 1.807) is 18.2 Å². The minimum atomic E-state index is 0.610. The lowest BCUT2D eigenvalue weighted by Crippen LogP contribution is -1.90. The standard InChI is InChI=1S/C14H11ClO/c1-10-5-2-3-7-12(10)14-11(9-16)6-4-8-13(14)15/h2-9H,1H3. The number of carbonyl (C=O) groups is 1. The fraction of sp³-hybridized carbons (Fsp3) is 0.0714. The predicted molar refractivity (Wildman–Crippen MR) is 67.0 cm³/mol. The van der Waals surface area contributed by atoms with Crippen molar-refractivity contribution in [1.82, 2.24) is 0 Å². The maximum absolute atomic E-state index is 11.0. The maximum atomic E-state index is 11.0. The van der Waals surface area contributed by atoms with E-state index in [1.165, 1.54) is 0 Å². The Morgan fingerprint density at radius 1 is 1.06 bits per heavy atom.